The molecule has 3 rings (SSSR count). The van der Waals surface area contributed by atoms with E-state index in [0.717, 1.165) is 12.2 Å². The molecule has 1 saturated carbocycles. The molecule has 2 fully saturated rings. The van der Waals surface area contributed by atoms with E-state index in [2.05, 4.69) is 15.3 Å². The highest BCUT2D eigenvalue weighted by Crippen LogP contribution is 2.42. The number of hydrogen-bond acceptors (Lipinski definition) is 10. The van der Waals surface area contributed by atoms with Crippen LogP contribution in [0.5, 0.6) is 0 Å². The molecule has 0 bridgehead atoms. The molecule has 1 aliphatic carbocycles. The van der Waals surface area contributed by atoms with Crippen LogP contribution >= 0.6 is 23.4 Å². The minimum atomic E-state index is -1.10. The van der Waals surface area contributed by atoms with Gasteiger partial charge in [-0.3, -0.25) is 10.1 Å². The Balaban J connectivity index is 1.87. The van der Waals surface area contributed by atoms with E-state index in [0.29, 0.717) is 11.6 Å². The maximum atomic E-state index is 11.6. The molecule has 0 radical (unpaired) electrons. The molecule has 13 heteroatoms. The largest absolute Gasteiger partial charge is 0.480 e. The van der Waals surface area contributed by atoms with Crippen molar-refractivity contribution >= 4 is 40.8 Å². The number of aromatic nitrogens is 2. The molecular weight excluding hydrogens is 440 g/mol. The van der Waals surface area contributed by atoms with E-state index in [9.17, 15) is 14.9 Å². The molecule has 1 aromatic rings. The monoisotopic (exact) mass is 462 g/mol. The van der Waals surface area contributed by atoms with Gasteiger partial charge in [0.1, 0.15) is 18.8 Å². The van der Waals surface area contributed by atoms with Crippen LogP contribution in [0.1, 0.15) is 33.6 Å². The lowest BCUT2D eigenvalue weighted by Crippen LogP contribution is -2.35. The fraction of sp³-hybridized carbons (Fsp3) is 0.706. The number of thioether (sulfide) groups is 1. The summed E-state index contributed by atoms with van der Waals surface area (Å²) in [6.45, 7) is 4.98. The number of aliphatic carboxylic acids is 1. The molecule has 0 aromatic carbocycles. The average Bonchev–Trinajstić information content (AvgIpc) is 3.11. The lowest BCUT2D eigenvalue weighted by Gasteiger charge is -2.24. The van der Waals surface area contributed by atoms with Crippen LogP contribution in [0.4, 0.5) is 11.5 Å². The molecule has 30 heavy (non-hydrogen) atoms. The molecule has 0 unspecified atom stereocenters. The number of nitrogens with zero attached hydrogens (tertiary/aromatic N) is 3. The van der Waals surface area contributed by atoms with Crippen LogP contribution in [0.3, 0.4) is 0 Å². The molecule has 11 nitrogen and oxygen atoms in total. The minimum Gasteiger partial charge on any atom is -0.480 e. The number of halogens is 1. The zero-order chi connectivity index (χ0) is 22.1. The van der Waals surface area contributed by atoms with Crippen LogP contribution in [0, 0.1) is 10.1 Å². The van der Waals surface area contributed by atoms with E-state index in [-0.39, 0.29) is 11.0 Å². The molecule has 1 aromatic heterocycles. The Kier molecular flexibility index (Phi) is 7.02. The van der Waals surface area contributed by atoms with Gasteiger partial charge in [0.25, 0.3) is 0 Å². The number of rotatable bonds is 9. The molecule has 4 atom stereocenters. The van der Waals surface area contributed by atoms with Gasteiger partial charge in [0, 0.05) is 5.75 Å². The van der Waals surface area contributed by atoms with Gasteiger partial charge in [-0.25, -0.2) is 9.78 Å². The summed E-state index contributed by atoms with van der Waals surface area (Å²) in [7, 11) is 0. The van der Waals surface area contributed by atoms with Gasteiger partial charge in [-0.1, -0.05) is 30.3 Å². The van der Waals surface area contributed by atoms with Crippen molar-refractivity contribution in [1.82, 2.24) is 9.97 Å². The van der Waals surface area contributed by atoms with Crippen molar-refractivity contribution in [2.24, 2.45) is 0 Å². The number of carboxylic acid groups (broad SMARTS) is 1. The second-order valence-corrected chi connectivity index (χ2v) is 8.81. The number of carbonyl (C=O) groups is 1. The summed E-state index contributed by atoms with van der Waals surface area (Å²) < 4.78 is 17.3. The van der Waals surface area contributed by atoms with Gasteiger partial charge >= 0.3 is 11.7 Å². The predicted molar refractivity (Wildman–Crippen MR) is 108 cm³/mol. The topological polar surface area (TPSA) is 146 Å². The number of fused-ring (bicyclic) bond motifs is 1. The van der Waals surface area contributed by atoms with Crippen molar-refractivity contribution in [3.63, 3.8) is 0 Å². The Bertz CT molecular complexity index is 828. The third kappa shape index (κ3) is 5.11. The van der Waals surface area contributed by atoms with Gasteiger partial charge in [0.2, 0.25) is 11.0 Å². The van der Waals surface area contributed by atoms with E-state index in [1.54, 1.807) is 13.8 Å². The second-order valence-electron chi connectivity index (χ2n) is 7.39. The van der Waals surface area contributed by atoms with E-state index in [1.165, 1.54) is 11.8 Å². The van der Waals surface area contributed by atoms with Crippen LogP contribution in [-0.2, 0) is 19.0 Å². The molecule has 2 aliphatic rings. The molecule has 166 valence electrons. The highest BCUT2D eigenvalue weighted by atomic mass is 35.5. The summed E-state index contributed by atoms with van der Waals surface area (Å²) in [6.07, 6.45) is -0.410. The first-order valence-corrected chi connectivity index (χ1v) is 10.8. The number of nitro groups is 1. The number of carboxylic acids is 1. The van der Waals surface area contributed by atoms with Crippen LogP contribution in [0.2, 0.25) is 5.15 Å². The smallest absolute Gasteiger partial charge is 0.348 e. The third-order valence-electron chi connectivity index (χ3n) is 4.59. The maximum absolute atomic E-state index is 11.6. The van der Waals surface area contributed by atoms with Crippen molar-refractivity contribution in [2.75, 3.05) is 17.7 Å². The standard InChI is InChI=1S/C17H23ClN4O7S/c1-4-5-30-16-20-14(18)11(22(25)26)15(21-16)19-8-6-9(27-7-10(23)24)13-12(8)28-17(2,3)29-13/h8-9,12-13H,4-7H2,1-3H3,(H,23,24)(H,19,20,21)/t8-,9+,12+,13-/m0/s1. The first-order chi connectivity index (χ1) is 14.1. The van der Waals surface area contributed by atoms with Crippen molar-refractivity contribution in [3.05, 3.63) is 15.3 Å². The van der Waals surface area contributed by atoms with Crippen molar-refractivity contribution in [3.8, 4) is 0 Å². The molecule has 1 saturated heterocycles. The van der Waals surface area contributed by atoms with Gasteiger partial charge in [0.15, 0.2) is 10.9 Å². The fourth-order valence-corrected chi connectivity index (χ4v) is 4.51. The van der Waals surface area contributed by atoms with Gasteiger partial charge in [-0.05, 0) is 26.7 Å². The van der Waals surface area contributed by atoms with Crippen LogP contribution < -0.4 is 5.32 Å². The summed E-state index contributed by atoms with van der Waals surface area (Å²) in [4.78, 5) is 30.1. The zero-order valence-corrected chi connectivity index (χ0v) is 18.2. The van der Waals surface area contributed by atoms with Gasteiger partial charge in [-0.2, -0.15) is 4.98 Å². The SMILES string of the molecule is CCCSc1nc(Cl)c([N+](=O)[O-])c(N[C@H]2C[C@@H](OCC(=O)O)[C@@H]3OC(C)(C)O[C@@H]32)n1. The highest BCUT2D eigenvalue weighted by Gasteiger charge is 2.55. The summed E-state index contributed by atoms with van der Waals surface area (Å²) in [5, 5.41) is 23.6. The molecule has 1 aliphatic heterocycles. The van der Waals surface area contributed by atoms with Gasteiger partial charge in [-0.15, -0.1) is 0 Å². The summed E-state index contributed by atoms with van der Waals surface area (Å²) in [6, 6.07) is -0.468. The number of hydrogen-bond donors (Lipinski definition) is 2. The summed E-state index contributed by atoms with van der Waals surface area (Å²) in [5.41, 5.74) is -0.429. The van der Waals surface area contributed by atoms with E-state index >= 15 is 0 Å². The number of nitrogens with one attached hydrogen (secondary N) is 1. The van der Waals surface area contributed by atoms with Crippen LogP contribution in [0.15, 0.2) is 5.16 Å². The Hall–Kier alpha value is -1.73. The van der Waals surface area contributed by atoms with Crippen molar-refractivity contribution in [1.29, 1.82) is 0 Å². The quantitative estimate of drug-likeness (QED) is 0.183. The Labute approximate surface area is 182 Å². The predicted octanol–water partition coefficient (Wildman–Crippen LogP) is 2.71. The maximum Gasteiger partial charge on any atom is 0.348 e. The minimum absolute atomic E-state index is 0.0189. The first-order valence-electron chi connectivity index (χ1n) is 9.41. The average molecular weight is 463 g/mol. The lowest BCUT2D eigenvalue weighted by molar-refractivity contribution is -0.384. The number of ether oxygens (including phenoxy) is 3. The van der Waals surface area contributed by atoms with Crippen LogP contribution in [-0.4, -0.2) is 68.5 Å². The van der Waals surface area contributed by atoms with Gasteiger partial charge in [0.05, 0.1) is 17.1 Å². The molecule has 2 N–H and O–H groups in total. The van der Waals surface area contributed by atoms with Crippen molar-refractivity contribution < 1.29 is 29.0 Å². The lowest BCUT2D eigenvalue weighted by atomic mass is 10.2. The Morgan fingerprint density at radius 3 is 2.77 bits per heavy atom. The van der Waals surface area contributed by atoms with E-state index in [1.807, 2.05) is 6.92 Å². The molecular formula is C17H23ClN4O7S. The molecule has 2 heterocycles. The second kappa shape index (κ2) is 9.18. The first kappa shape index (κ1) is 22.9. The molecule has 0 amide bonds. The summed E-state index contributed by atoms with van der Waals surface area (Å²) in [5.74, 6) is -1.29. The fourth-order valence-electron chi connectivity index (χ4n) is 3.52. The van der Waals surface area contributed by atoms with E-state index in [4.69, 9.17) is 30.9 Å². The zero-order valence-electron chi connectivity index (χ0n) is 16.7. The number of anilines is 1. The van der Waals surface area contributed by atoms with Crippen molar-refractivity contribution in [2.45, 2.75) is 68.9 Å². The Morgan fingerprint density at radius 1 is 1.43 bits per heavy atom. The van der Waals surface area contributed by atoms with Gasteiger partial charge < -0.3 is 24.6 Å². The van der Waals surface area contributed by atoms with Crippen LogP contribution in [0.25, 0.3) is 0 Å². The van der Waals surface area contributed by atoms with E-state index < -0.39 is 53.3 Å². The Morgan fingerprint density at radius 2 is 2.13 bits per heavy atom. The summed E-state index contributed by atoms with van der Waals surface area (Å²) >= 11 is 7.41. The third-order valence-corrected chi connectivity index (χ3v) is 5.91. The highest BCUT2D eigenvalue weighted by molar-refractivity contribution is 7.99. The normalized spacial score (nSPS) is 27.1. The molecule has 0 spiro atoms.